The maximum atomic E-state index is 14.1. The average Bonchev–Trinajstić information content (AvgIpc) is 3.76. The first-order valence-electron chi connectivity index (χ1n) is 12.5. The number of halogens is 3. The van der Waals surface area contributed by atoms with E-state index in [0.29, 0.717) is 18.8 Å². The zero-order valence-corrected chi connectivity index (χ0v) is 21.3. The van der Waals surface area contributed by atoms with Crippen LogP contribution in [0.15, 0.2) is 48.5 Å². The van der Waals surface area contributed by atoms with Gasteiger partial charge >= 0.3 is 12.3 Å². The van der Waals surface area contributed by atoms with Gasteiger partial charge in [-0.3, -0.25) is 10.1 Å². The van der Waals surface area contributed by atoms with Crippen molar-refractivity contribution in [3.8, 4) is 17.2 Å². The molecule has 0 unspecified atom stereocenters. The molecule has 2 fully saturated rings. The lowest BCUT2D eigenvalue weighted by Crippen LogP contribution is -2.52. The summed E-state index contributed by atoms with van der Waals surface area (Å²) in [7, 11) is 0. The Labute approximate surface area is 219 Å². The molecule has 38 heavy (non-hydrogen) atoms. The maximum Gasteiger partial charge on any atom is 0.503 e. The summed E-state index contributed by atoms with van der Waals surface area (Å²) in [4.78, 5) is 21.4. The first kappa shape index (κ1) is 29.0. The van der Waals surface area contributed by atoms with Crippen molar-refractivity contribution in [1.82, 2.24) is 10.6 Å². The van der Waals surface area contributed by atoms with E-state index in [-0.39, 0.29) is 17.9 Å². The third kappa shape index (κ3) is 8.21. The lowest BCUT2D eigenvalue weighted by Gasteiger charge is -2.29. The van der Waals surface area contributed by atoms with E-state index < -0.39 is 35.9 Å². The molecule has 2 aliphatic rings. The van der Waals surface area contributed by atoms with Gasteiger partial charge in [0.1, 0.15) is 11.6 Å². The number of nitrogens with one attached hydrogen (secondary N) is 2. The third-order valence-electron chi connectivity index (χ3n) is 6.58. The van der Waals surface area contributed by atoms with E-state index in [1.807, 2.05) is 26.0 Å². The molecule has 0 bridgehead atoms. The number of hydrogen-bond acceptors (Lipinski definition) is 4. The van der Waals surface area contributed by atoms with E-state index >= 15 is 0 Å². The van der Waals surface area contributed by atoms with Crippen LogP contribution in [0, 0.1) is 17.2 Å². The normalized spacial score (nSPS) is 17.4. The molecule has 0 heterocycles. The van der Waals surface area contributed by atoms with Crippen molar-refractivity contribution >= 4 is 12.1 Å². The van der Waals surface area contributed by atoms with Gasteiger partial charge in [0.25, 0.3) is 0 Å². The molecule has 0 aromatic heterocycles. The van der Waals surface area contributed by atoms with E-state index in [1.54, 1.807) is 12.1 Å². The summed E-state index contributed by atoms with van der Waals surface area (Å²) in [6.45, 7) is 3.70. The lowest BCUT2D eigenvalue weighted by molar-refractivity contribution is -0.161. The highest BCUT2D eigenvalue weighted by atomic mass is 19.4. The largest absolute Gasteiger partial charge is 0.503 e. The number of hydrogen-bond donors (Lipinski definition) is 4. The Morgan fingerprint density at radius 3 is 1.92 bits per heavy atom. The van der Waals surface area contributed by atoms with Crippen LogP contribution in [-0.4, -0.2) is 40.0 Å². The van der Waals surface area contributed by atoms with E-state index in [2.05, 4.69) is 28.8 Å². The smallest absolute Gasteiger partial charge is 0.450 e. The van der Waals surface area contributed by atoms with Crippen molar-refractivity contribution in [2.24, 2.45) is 5.92 Å². The number of nitriles is 1. The lowest BCUT2D eigenvalue weighted by atomic mass is 9.97. The number of carboxylic acid groups (broad SMARTS) is 2. The predicted octanol–water partition coefficient (Wildman–Crippen LogP) is 6.23. The Balaban J connectivity index is 0.000000934. The van der Waals surface area contributed by atoms with Crippen molar-refractivity contribution in [3.63, 3.8) is 0 Å². The van der Waals surface area contributed by atoms with Gasteiger partial charge < -0.3 is 15.5 Å². The molecule has 0 radical (unpaired) electrons. The number of benzene rings is 2. The van der Waals surface area contributed by atoms with Crippen molar-refractivity contribution in [2.45, 2.75) is 75.7 Å². The predicted molar refractivity (Wildman–Crippen MR) is 135 cm³/mol. The zero-order valence-electron chi connectivity index (χ0n) is 21.3. The summed E-state index contributed by atoms with van der Waals surface area (Å²) in [6.07, 6.45) is -2.72. The van der Waals surface area contributed by atoms with E-state index in [0.717, 1.165) is 11.1 Å². The summed E-state index contributed by atoms with van der Waals surface area (Å²) >= 11 is 0. The molecule has 2 atom stereocenters. The van der Waals surface area contributed by atoms with Crippen LogP contribution in [0.5, 0.6) is 0 Å². The van der Waals surface area contributed by atoms with Crippen molar-refractivity contribution in [1.29, 1.82) is 5.26 Å². The minimum Gasteiger partial charge on any atom is -0.450 e. The average molecular weight is 532 g/mol. The molecule has 2 saturated carbocycles. The highest BCUT2D eigenvalue weighted by Gasteiger charge is 2.47. The standard InChI is InChI=1S/C27H30F3N3O.CH2O3/c1-17(2)15-23(25(34)33-26(16-31)13-14-26)32-24(27(28,29)30)22-11-9-21(10-12-22)20-7-5-19(6-8-20)18-3-4-18;2-1(3)4/h5-12,17-18,23-24,32H,3-4,13-15H2,1-2H3,(H,33,34);(H2,2,3,4)/t23-,24-;/m0./s1. The Hall–Kier alpha value is -3.58. The van der Waals surface area contributed by atoms with Crippen LogP contribution in [0.25, 0.3) is 11.1 Å². The van der Waals surface area contributed by atoms with Gasteiger partial charge in [0.2, 0.25) is 5.91 Å². The molecule has 204 valence electrons. The highest BCUT2D eigenvalue weighted by Crippen LogP contribution is 2.41. The summed E-state index contributed by atoms with van der Waals surface area (Å²) in [5.74, 6) is 0.0821. The molecule has 2 aliphatic carbocycles. The number of carbonyl (C=O) groups excluding carboxylic acids is 1. The highest BCUT2D eigenvalue weighted by molar-refractivity contribution is 5.83. The Bertz CT molecular complexity index is 1150. The SMILES string of the molecule is CC(C)C[C@H](N[C@@H](c1ccc(-c2ccc(C3CC3)cc2)cc1)C(F)(F)F)C(=O)NC1(C#N)CC1.O=C(O)O. The number of carbonyl (C=O) groups is 2. The topological polar surface area (TPSA) is 122 Å². The maximum absolute atomic E-state index is 14.1. The first-order valence-corrected chi connectivity index (χ1v) is 12.5. The van der Waals surface area contributed by atoms with Crippen LogP contribution in [-0.2, 0) is 4.79 Å². The van der Waals surface area contributed by atoms with Gasteiger partial charge in [-0.2, -0.15) is 18.4 Å². The number of amides is 1. The van der Waals surface area contributed by atoms with Gasteiger partial charge in [0.05, 0.1) is 12.1 Å². The van der Waals surface area contributed by atoms with Gasteiger partial charge in [-0.1, -0.05) is 62.4 Å². The van der Waals surface area contributed by atoms with Gasteiger partial charge in [0, 0.05) is 0 Å². The van der Waals surface area contributed by atoms with Crippen LogP contribution in [0.2, 0.25) is 0 Å². The Kier molecular flexibility index (Phi) is 9.05. The monoisotopic (exact) mass is 531 g/mol. The Morgan fingerprint density at radius 1 is 1.03 bits per heavy atom. The van der Waals surface area contributed by atoms with Gasteiger partial charge in [-0.25, -0.2) is 4.79 Å². The number of alkyl halides is 3. The minimum atomic E-state index is -4.59. The molecule has 4 rings (SSSR count). The summed E-state index contributed by atoms with van der Waals surface area (Å²) in [5, 5.41) is 28.4. The summed E-state index contributed by atoms with van der Waals surface area (Å²) < 4.78 is 42.3. The zero-order chi connectivity index (χ0) is 28.1. The van der Waals surface area contributed by atoms with Crippen LogP contribution in [0.1, 0.15) is 69.0 Å². The second kappa shape index (κ2) is 11.9. The van der Waals surface area contributed by atoms with Gasteiger partial charge in [0.15, 0.2) is 0 Å². The molecular formula is C28H32F3N3O4. The molecule has 10 heteroatoms. The molecule has 2 aromatic carbocycles. The molecule has 0 aliphatic heterocycles. The molecule has 7 nitrogen and oxygen atoms in total. The molecule has 2 aromatic rings. The third-order valence-corrected chi connectivity index (χ3v) is 6.58. The fourth-order valence-electron chi connectivity index (χ4n) is 4.25. The molecule has 0 spiro atoms. The molecule has 4 N–H and O–H groups in total. The van der Waals surface area contributed by atoms with Gasteiger partial charge in [-0.15, -0.1) is 0 Å². The number of nitrogens with zero attached hydrogens (tertiary/aromatic N) is 1. The molecule has 1 amide bonds. The second-order valence-corrected chi connectivity index (χ2v) is 10.3. The summed E-state index contributed by atoms with van der Waals surface area (Å²) in [5.41, 5.74) is 2.22. The fourth-order valence-corrected chi connectivity index (χ4v) is 4.25. The number of rotatable bonds is 9. The van der Waals surface area contributed by atoms with Crippen molar-refractivity contribution in [2.75, 3.05) is 0 Å². The Morgan fingerprint density at radius 2 is 1.53 bits per heavy atom. The quantitative estimate of drug-likeness (QED) is 0.304. The molecule has 0 saturated heterocycles. The van der Waals surface area contributed by atoms with Crippen molar-refractivity contribution in [3.05, 3.63) is 59.7 Å². The molecular weight excluding hydrogens is 499 g/mol. The van der Waals surface area contributed by atoms with Crippen LogP contribution < -0.4 is 10.6 Å². The van der Waals surface area contributed by atoms with Crippen LogP contribution in [0.3, 0.4) is 0 Å². The fraction of sp³-hybridized carbons (Fsp3) is 0.464. The van der Waals surface area contributed by atoms with Crippen LogP contribution in [0.4, 0.5) is 18.0 Å². The van der Waals surface area contributed by atoms with Crippen molar-refractivity contribution < 1.29 is 33.0 Å². The van der Waals surface area contributed by atoms with E-state index in [4.69, 9.17) is 15.0 Å². The summed E-state index contributed by atoms with van der Waals surface area (Å²) in [6, 6.07) is 13.5. The van der Waals surface area contributed by atoms with Crippen LogP contribution >= 0.6 is 0 Å². The van der Waals surface area contributed by atoms with E-state index in [9.17, 15) is 23.2 Å². The first-order chi connectivity index (χ1) is 17.8. The minimum absolute atomic E-state index is 0.00430. The van der Waals surface area contributed by atoms with E-state index in [1.165, 1.54) is 30.5 Å². The second-order valence-electron chi connectivity index (χ2n) is 10.3. The van der Waals surface area contributed by atoms with Gasteiger partial charge in [-0.05, 0) is 66.2 Å².